The number of aliphatic carboxylic acids is 1. The second kappa shape index (κ2) is 8.56. The van der Waals surface area contributed by atoms with Crippen molar-refractivity contribution in [1.82, 2.24) is 19.6 Å². The summed E-state index contributed by atoms with van der Waals surface area (Å²) < 4.78 is 1.82. The van der Waals surface area contributed by atoms with Crippen LogP contribution in [-0.4, -0.2) is 69.3 Å². The Morgan fingerprint density at radius 1 is 1.18 bits per heavy atom. The molecule has 1 atom stereocenters. The van der Waals surface area contributed by atoms with Crippen molar-refractivity contribution in [3.63, 3.8) is 0 Å². The van der Waals surface area contributed by atoms with Crippen molar-refractivity contribution >= 4 is 11.9 Å². The number of carbonyl (C=O) groups excluding carboxylic acids is 1. The zero-order valence-corrected chi connectivity index (χ0v) is 16.8. The first kappa shape index (κ1) is 20.1. The first-order valence-electron chi connectivity index (χ1n) is 9.71. The number of hydrogen-bond acceptors (Lipinski definition) is 4. The van der Waals surface area contributed by atoms with Gasteiger partial charge in [-0.3, -0.25) is 14.5 Å². The van der Waals surface area contributed by atoms with Crippen LogP contribution < -0.4 is 0 Å². The molecule has 0 spiro atoms. The second-order valence-corrected chi connectivity index (χ2v) is 7.48. The molecule has 1 unspecified atom stereocenters. The van der Waals surface area contributed by atoms with Crippen LogP contribution in [0, 0.1) is 13.8 Å². The molecule has 1 saturated heterocycles. The van der Waals surface area contributed by atoms with Crippen molar-refractivity contribution in [3.8, 4) is 5.69 Å². The molecule has 2 heterocycles. The first-order valence-corrected chi connectivity index (χ1v) is 9.71. The van der Waals surface area contributed by atoms with Crippen LogP contribution in [0.4, 0.5) is 0 Å². The summed E-state index contributed by atoms with van der Waals surface area (Å²) in [6, 6.07) is 10.00. The number of nitrogens with zero attached hydrogens (tertiary/aromatic N) is 4. The van der Waals surface area contributed by atoms with E-state index in [-0.39, 0.29) is 18.5 Å². The van der Waals surface area contributed by atoms with Crippen molar-refractivity contribution in [3.05, 3.63) is 47.3 Å². The van der Waals surface area contributed by atoms with E-state index in [0.717, 1.165) is 36.3 Å². The lowest BCUT2D eigenvalue weighted by atomic mass is 10.1. The minimum atomic E-state index is -0.820. The molecular formula is C21H28N4O3. The van der Waals surface area contributed by atoms with Crippen LogP contribution in [0.3, 0.4) is 0 Å². The maximum atomic E-state index is 13.3. The van der Waals surface area contributed by atoms with E-state index in [1.165, 1.54) is 0 Å². The fourth-order valence-corrected chi connectivity index (χ4v) is 4.00. The third-order valence-electron chi connectivity index (χ3n) is 5.50. The Morgan fingerprint density at radius 3 is 2.57 bits per heavy atom. The van der Waals surface area contributed by atoms with Gasteiger partial charge in [-0.05, 0) is 52.3 Å². The number of carbonyl (C=O) groups is 2. The maximum absolute atomic E-state index is 13.3. The van der Waals surface area contributed by atoms with E-state index < -0.39 is 5.97 Å². The first-order chi connectivity index (χ1) is 13.4. The maximum Gasteiger partial charge on any atom is 0.317 e. The molecule has 150 valence electrons. The summed E-state index contributed by atoms with van der Waals surface area (Å²) in [7, 11) is 1.84. The van der Waals surface area contributed by atoms with Gasteiger partial charge in [0.05, 0.1) is 29.2 Å². The summed E-state index contributed by atoms with van der Waals surface area (Å²) in [5, 5.41) is 13.6. The largest absolute Gasteiger partial charge is 0.480 e. The molecule has 1 aromatic carbocycles. The number of amides is 1. The molecule has 0 radical (unpaired) electrons. The van der Waals surface area contributed by atoms with Crippen molar-refractivity contribution < 1.29 is 14.7 Å². The molecule has 0 aliphatic carbocycles. The van der Waals surface area contributed by atoms with Crippen LogP contribution in [0.5, 0.6) is 0 Å². The average molecular weight is 384 g/mol. The summed E-state index contributed by atoms with van der Waals surface area (Å²) in [6.07, 6.45) is 2.54. The highest BCUT2D eigenvalue weighted by atomic mass is 16.4. The van der Waals surface area contributed by atoms with Gasteiger partial charge in [-0.25, -0.2) is 4.68 Å². The molecule has 1 aromatic heterocycles. The lowest BCUT2D eigenvalue weighted by Crippen LogP contribution is -2.37. The third kappa shape index (κ3) is 4.25. The summed E-state index contributed by atoms with van der Waals surface area (Å²) in [6.45, 7) is 5.15. The zero-order valence-electron chi connectivity index (χ0n) is 16.8. The molecule has 1 amide bonds. The van der Waals surface area contributed by atoms with Gasteiger partial charge in [-0.2, -0.15) is 5.10 Å². The monoisotopic (exact) mass is 384 g/mol. The molecule has 1 fully saturated rings. The van der Waals surface area contributed by atoms with Gasteiger partial charge in [0.25, 0.3) is 5.91 Å². The van der Waals surface area contributed by atoms with E-state index in [1.807, 2.05) is 65.7 Å². The van der Waals surface area contributed by atoms with E-state index >= 15 is 0 Å². The molecule has 0 bridgehead atoms. The summed E-state index contributed by atoms with van der Waals surface area (Å²) in [4.78, 5) is 28.0. The number of rotatable bonds is 5. The van der Waals surface area contributed by atoms with Gasteiger partial charge >= 0.3 is 5.97 Å². The van der Waals surface area contributed by atoms with Gasteiger partial charge in [0.15, 0.2) is 0 Å². The topological polar surface area (TPSA) is 78.7 Å². The predicted molar refractivity (Wildman–Crippen MR) is 107 cm³/mol. The van der Waals surface area contributed by atoms with E-state index in [1.54, 1.807) is 0 Å². The molecule has 2 aromatic rings. The number of para-hydroxylation sites is 1. The number of aromatic nitrogens is 2. The number of carboxylic acids is 1. The van der Waals surface area contributed by atoms with Crippen LogP contribution in [0.15, 0.2) is 30.3 Å². The van der Waals surface area contributed by atoms with Gasteiger partial charge < -0.3 is 10.0 Å². The highest BCUT2D eigenvalue weighted by Crippen LogP contribution is 2.22. The van der Waals surface area contributed by atoms with Crippen LogP contribution in [-0.2, 0) is 4.79 Å². The van der Waals surface area contributed by atoms with Crippen LogP contribution >= 0.6 is 0 Å². The van der Waals surface area contributed by atoms with Crippen LogP contribution in [0.25, 0.3) is 5.69 Å². The second-order valence-electron chi connectivity index (χ2n) is 7.48. The zero-order chi connectivity index (χ0) is 20.3. The third-order valence-corrected chi connectivity index (χ3v) is 5.50. The molecular weight excluding hydrogens is 356 g/mol. The average Bonchev–Trinajstić information content (AvgIpc) is 2.84. The van der Waals surface area contributed by atoms with Gasteiger partial charge in [0, 0.05) is 19.1 Å². The van der Waals surface area contributed by atoms with Gasteiger partial charge in [-0.15, -0.1) is 0 Å². The van der Waals surface area contributed by atoms with Crippen molar-refractivity contribution in [2.45, 2.75) is 39.2 Å². The minimum absolute atomic E-state index is 0.0127. The summed E-state index contributed by atoms with van der Waals surface area (Å²) >= 11 is 0. The number of likely N-dealkylation sites (N-methyl/N-ethyl adjacent to an activating group) is 1. The summed E-state index contributed by atoms with van der Waals surface area (Å²) in [5.74, 6) is -0.807. The fraction of sp³-hybridized carbons (Fsp3) is 0.476. The number of carboxylic acid groups (broad SMARTS) is 1. The lowest BCUT2D eigenvalue weighted by Gasteiger charge is -2.25. The number of benzene rings is 1. The lowest BCUT2D eigenvalue weighted by molar-refractivity contribution is -0.138. The van der Waals surface area contributed by atoms with Crippen LogP contribution in [0.1, 0.15) is 41.0 Å². The number of aryl methyl sites for hydroxylation is 1. The highest BCUT2D eigenvalue weighted by molar-refractivity contribution is 5.96. The molecule has 1 aliphatic heterocycles. The molecule has 0 saturated carbocycles. The molecule has 3 rings (SSSR count). The Hall–Kier alpha value is -2.67. The van der Waals surface area contributed by atoms with E-state index in [2.05, 4.69) is 5.10 Å². The molecule has 1 aliphatic rings. The van der Waals surface area contributed by atoms with E-state index in [4.69, 9.17) is 5.11 Å². The SMILES string of the molecule is Cc1nn(-c2ccccc2)c(C)c1C(=O)N1CCCC(N(C)CC(=O)O)CC1. The summed E-state index contributed by atoms with van der Waals surface area (Å²) in [5.41, 5.74) is 3.18. The Bertz CT molecular complexity index is 847. The molecule has 7 nitrogen and oxygen atoms in total. The van der Waals surface area contributed by atoms with E-state index in [9.17, 15) is 9.59 Å². The molecule has 1 N–H and O–H groups in total. The van der Waals surface area contributed by atoms with Gasteiger partial charge in [0.1, 0.15) is 0 Å². The Balaban J connectivity index is 1.76. The van der Waals surface area contributed by atoms with Crippen LogP contribution in [0.2, 0.25) is 0 Å². The van der Waals surface area contributed by atoms with Crippen molar-refractivity contribution in [2.24, 2.45) is 0 Å². The van der Waals surface area contributed by atoms with Gasteiger partial charge in [0.2, 0.25) is 0 Å². The predicted octanol–water partition coefficient (Wildman–Crippen LogP) is 2.50. The Morgan fingerprint density at radius 2 is 1.89 bits per heavy atom. The molecule has 28 heavy (non-hydrogen) atoms. The highest BCUT2D eigenvalue weighted by Gasteiger charge is 2.28. The van der Waals surface area contributed by atoms with Crippen molar-refractivity contribution in [2.75, 3.05) is 26.7 Å². The number of likely N-dealkylation sites (tertiary alicyclic amines) is 1. The standard InChI is InChI=1S/C21H28N4O3/c1-15-20(16(2)25(22-15)18-8-5-4-6-9-18)21(28)24-12-7-10-17(11-13-24)23(3)14-19(26)27/h4-6,8-9,17H,7,10-14H2,1-3H3,(H,26,27). The normalized spacial score (nSPS) is 17.6. The minimum Gasteiger partial charge on any atom is -0.480 e. The van der Waals surface area contributed by atoms with Gasteiger partial charge in [-0.1, -0.05) is 18.2 Å². The van der Waals surface area contributed by atoms with Crippen molar-refractivity contribution in [1.29, 1.82) is 0 Å². The molecule has 7 heteroatoms. The quantitative estimate of drug-likeness (QED) is 0.857. The smallest absolute Gasteiger partial charge is 0.317 e. The Kier molecular flexibility index (Phi) is 6.14. The fourth-order valence-electron chi connectivity index (χ4n) is 4.00. The number of hydrogen-bond donors (Lipinski definition) is 1. The van der Waals surface area contributed by atoms with E-state index in [0.29, 0.717) is 18.7 Å². The Labute approximate surface area is 165 Å².